The van der Waals surface area contributed by atoms with E-state index in [4.69, 9.17) is 0 Å². The molecular weight excluding hydrogens is 290 g/mol. The third-order valence-electron chi connectivity index (χ3n) is 2.98. The van der Waals surface area contributed by atoms with Crippen LogP contribution in [-0.2, 0) is 16.4 Å². The van der Waals surface area contributed by atoms with E-state index < -0.39 is 9.84 Å². The van der Waals surface area contributed by atoms with Crippen molar-refractivity contribution in [3.05, 3.63) is 59.7 Å². The highest BCUT2D eigenvalue weighted by atomic mass is 32.2. The predicted octanol–water partition coefficient (Wildman–Crippen LogP) is 1.83. The van der Waals surface area contributed by atoms with Crippen molar-refractivity contribution in [3.63, 3.8) is 0 Å². The summed E-state index contributed by atoms with van der Waals surface area (Å²) < 4.78 is 22.7. The zero-order valence-corrected chi connectivity index (χ0v) is 12.2. The van der Waals surface area contributed by atoms with E-state index in [2.05, 4.69) is 5.32 Å². The van der Waals surface area contributed by atoms with Gasteiger partial charge in [0, 0.05) is 23.1 Å². The van der Waals surface area contributed by atoms with Crippen molar-refractivity contribution >= 4 is 21.4 Å². The Labute approximate surface area is 123 Å². The van der Waals surface area contributed by atoms with Crippen LogP contribution in [0.4, 0.5) is 5.69 Å². The molecule has 0 spiro atoms. The number of benzene rings is 2. The Morgan fingerprint density at radius 1 is 1.10 bits per heavy atom. The molecule has 0 atom stereocenters. The molecule has 0 saturated carbocycles. The topological polar surface area (TPSA) is 83.5 Å². The maximum absolute atomic E-state index is 12.1. The molecule has 0 saturated heterocycles. The fourth-order valence-corrected chi connectivity index (χ4v) is 2.46. The van der Waals surface area contributed by atoms with E-state index in [1.807, 2.05) is 0 Å². The van der Waals surface area contributed by atoms with Crippen LogP contribution in [0.1, 0.15) is 15.9 Å². The van der Waals surface area contributed by atoms with Gasteiger partial charge in [0.15, 0.2) is 9.84 Å². The van der Waals surface area contributed by atoms with Crippen molar-refractivity contribution < 1.29 is 18.3 Å². The first-order valence-electron chi connectivity index (χ1n) is 6.22. The van der Waals surface area contributed by atoms with Gasteiger partial charge in [-0.1, -0.05) is 18.2 Å². The molecule has 5 nitrogen and oxygen atoms in total. The van der Waals surface area contributed by atoms with Crippen molar-refractivity contribution in [2.75, 3.05) is 11.6 Å². The summed E-state index contributed by atoms with van der Waals surface area (Å²) in [7, 11) is -3.28. The number of aliphatic hydroxyl groups is 1. The van der Waals surface area contributed by atoms with Gasteiger partial charge in [-0.25, -0.2) is 8.42 Å². The number of para-hydroxylation sites is 1. The number of anilines is 1. The van der Waals surface area contributed by atoms with E-state index in [0.717, 1.165) is 6.26 Å². The van der Waals surface area contributed by atoms with Gasteiger partial charge in [0.05, 0.1) is 11.5 Å². The quantitative estimate of drug-likeness (QED) is 0.902. The zero-order valence-electron chi connectivity index (χ0n) is 11.4. The van der Waals surface area contributed by atoms with Crippen LogP contribution in [0.25, 0.3) is 0 Å². The maximum Gasteiger partial charge on any atom is 0.255 e. The van der Waals surface area contributed by atoms with Crippen molar-refractivity contribution in [1.29, 1.82) is 0 Å². The average molecular weight is 305 g/mol. The van der Waals surface area contributed by atoms with Crippen molar-refractivity contribution in [2.45, 2.75) is 11.5 Å². The Balaban J connectivity index is 2.21. The SMILES string of the molecule is CS(=O)(=O)c1ccc(C(=O)Nc2ccccc2CO)cc1. The Kier molecular flexibility index (Phi) is 4.40. The van der Waals surface area contributed by atoms with E-state index in [9.17, 15) is 18.3 Å². The van der Waals surface area contributed by atoms with Crippen LogP contribution in [0.5, 0.6) is 0 Å². The van der Waals surface area contributed by atoms with Crippen LogP contribution >= 0.6 is 0 Å². The second-order valence-electron chi connectivity index (χ2n) is 4.57. The highest BCUT2D eigenvalue weighted by molar-refractivity contribution is 7.90. The molecule has 0 aliphatic carbocycles. The summed E-state index contributed by atoms with van der Waals surface area (Å²) in [6, 6.07) is 12.6. The number of carbonyl (C=O) groups is 1. The zero-order chi connectivity index (χ0) is 15.5. The summed E-state index contributed by atoms with van der Waals surface area (Å²) >= 11 is 0. The van der Waals surface area contributed by atoms with E-state index in [0.29, 0.717) is 16.8 Å². The van der Waals surface area contributed by atoms with E-state index in [-0.39, 0.29) is 17.4 Å². The Morgan fingerprint density at radius 2 is 1.71 bits per heavy atom. The molecule has 21 heavy (non-hydrogen) atoms. The van der Waals surface area contributed by atoms with Gasteiger partial charge in [-0.3, -0.25) is 4.79 Å². The Hall–Kier alpha value is -2.18. The van der Waals surface area contributed by atoms with Gasteiger partial charge in [0.25, 0.3) is 5.91 Å². The molecule has 2 rings (SSSR count). The third-order valence-corrected chi connectivity index (χ3v) is 4.11. The normalized spacial score (nSPS) is 11.1. The number of carbonyl (C=O) groups excluding carboxylic acids is 1. The van der Waals surface area contributed by atoms with Crippen molar-refractivity contribution in [2.24, 2.45) is 0 Å². The summed E-state index contributed by atoms with van der Waals surface area (Å²) in [5.74, 6) is -0.365. The van der Waals surface area contributed by atoms with E-state index in [1.54, 1.807) is 24.3 Å². The highest BCUT2D eigenvalue weighted by Crippen LogP contribution is 2.17. The van der Waals surface area contributed by atoms with Crippen LogP contribution < -0.4 is 5.32 Å². The van der Waals surface area contributed by atoms with Gasteiger partial charge in [-0.2, -0.15) is 0 Å². The fourth-order valence-electron chi connectivity index (χ4n) is 1.83. The molecule has 0 unspecified atom stereocenters. The average Bonchev–Trinajstić information content (AvgIpc) is 2.47. The fraction of sp³-hybridized carbons (Fsp3) is 0.133. The number of hydrogen-bond acceptors (Lipinski definition) is 4. The van der Waals surface area contributed by atoms with Gasteiger partial charge in [-0.15, -0.1) is 0 Å². The second kappa shape index (κ2) is 6.07. The molecule has 1 amide bonds. The first kappa shape index (κ1) is 15.2. The summed E-state index contributed by atoms with van der Waals surface area (Å²) in [6.45, 7) is -0.177. The minimum Gasteiger partial charge on any atom is -0.392 e. The minimum atomic E-state index is -3.28. The molecule has 0 fully saturated rings. The predicted molar refractivity (Wildman–Crippen MR) is 79.9 cm³/mol. The second-order valence-corrected chi connectivity index (χ2v) is 6.58. The largest absolute Gasteiger partial charge is 0.392 e. The molecule has 2 N–H and O–H groups in total. The van der Waals surface area contributed by atoms with Gasteiger partial charge in [-0.05, 0) is 30.3 Å². The molecule has 6 heteroatoms. The number of amides is 1. The third kappa shape index (κ3) is 3.68. The Morgan fingerprint density at radius 3 is 2.29 bits per heavy atom. The molecule has 0 aliphatic heterocycles. The van der Waals surface area contributed by atoms with Crippen LogP contribution in [-0.4, -0.2) is 25.7 Å². The lowest BCUT2D eigenvalue weighted by molar-refractivity contribution is 0.102. The van der Waals surface area contributed by atoms with Gasteiger partial charge < -0.3 is 10.4 Å². The smallest absolute Gasteiger partial charge is 0.255 e. The molecule has 0 aliphatic rings. The number of aliphatic hydroxyl groups excluding tert-OH is 1. The van der Waals surface area contributed by atoms with E-state index in [1.165, 1.54) is 24.3 Å². The maximum atomic E-state index is 12.1. The van der Waals surface area contributed by atoms with Gasteiger partial charge >= 0.3 is 0 Å². The number of nitrogens with one attached hydrogen (secondary N) is 1. The molecule has 0 aromatic heterocycles. The van der Waals surface area contributed by atoms with Crippen LogP contribution in [0.15, 0.2) is 53.4 Å². The molecule has 0 radical (unpaired) electrons. The number of sulfone groups is 1. The minimum absolute atomic E-state index is 0.162. The molecule has 0 heterocycles. The van der Waals surface area contributed by atoms with Gasteiger partial charge in [0.1, 0.15) is 0 Å². The first-order valence-corrected chi connectivity index (χ1v) is 8.11. The lowest BCUT2D eigenvalue weighted by Gasteiger charge is -2.09. The van der Waals surface area contributed by atoms with Crippen molar-refractivity contribution in [1.82, 2.24) is 0 Å². The number of rotatable bonds is 4. The standard InChI is InChI=1S/C15H15NO4S/c1-21(19,20)13-8-6-11(7-9-13)15(18)16-14-5-3-2-4-12(14)10-17/h2-9,17H,10H2,1H3,(H,16,18). The van der Waals surface area contributed by atoms with Crippen LogP contribution in [0.3, 0.4) is 0 Å². The monoisotopic (exact) mass is 305 g/mol. The Bertz CT molecular complexity index is 751. The summed E-state index contributed by atoms with van der Waals surface area (Å²) in [5.41, 5.74) is 1.48. The summed E-state index contributed by atoms with van der Waals surface area (Å²) in [4.78, 5) is 12.3. The van der Waals surface area contributed by atoms with Crippen LogP contribution in [0.2, 0.25) is 0 Å². The molecular formula is C15H15NO4S. The summed E-state index contributed by atoms with van der Waals surface area (Å²) in [6.07, 6.45) is 1.11. The van der Waals surface area contributed by atoms with Crippen molar-refractivity contribution in [3.8, 4) is 0 Å². The highest BCUT2D eigenvalue weighted by Gasteiger charge is 2.11. The first-order chi connectivity index (χ1) is 9.91. The molecule has 0 bridgehead atoms. The molecule has 110 valence electrons. The lowest BCUT2D eigenvalue weighted by atomic mass is 10.1. The van der Waals surface area contributed by atoms with E-state index >= 15 is 0 Å². The van der Waals surface area contributed by atoms with Gasteiger partial charge in [0.2, 0.25) is 0 Å². The summed E-state index contributed by atoms with van der Waals surface area (Å²) in [5, 5.41) is 11.9. The molecule has 2 aromatic carbocycles. The lowest BCUT2D eigenvalue weighted by Crippen LogP contribution is -2.13. The number of hydrogen-bond donors (Lipinski definition) is 2. The molecule has 2 aromatic rings. The van der Waals surface area contributed by atoms with Crippen LogP contribution in [0, 0.1) is 0 Å².